The summed E-state index contributed by atoms with van der Waals surface area (Å²) in [6.07, 6.45) is 6.12. The predicted octanol–water partition coefficient (Wildman–Crippen LogP) is 3.57. The van der Waals surface area contributed by atoms with Crippen molar-refractivity contribution in [2.45, 2.75) is 59.3 Å². The Balaban J connectivity index is 3.44. The zero-order chi connectivity index (χ0) is 9.40. The lowest BCUT2D eigenvalue weighted by Crippen LogP contribution is -2.03. The second kappa shape index (κ2) is 7.33. The molecule has 1 heteroatoms. The fourth-order valence-electron chi connectivity index (χ4n) is 1.47. The van der Waals surface area contributed by atoms with Gasteiger partial charge in [-0.1, -0.05) is 33.6 Å². The monoisotopic (exact) mass is 170 g/mol. The molecule has 0 saturated carbocycles. The summed E-state index contributed by atoms with van der Waals surface area (Å²) in [5, 5.41) is 0. The Hall–Kier alpha value is -0.330. The van der Waals surface area contributed by atoms with Gasteiger partial charge in [-0.2, -0.15) is 0 Å². The van der Waals surface area contributed by atoms with Crippen LogP contribution in [-0.2, 0) is 4.79 Å². The van der Waals surface area contributed by atoms with E-state index in [0.717, 1.165) is 31.6 Å². The number of ketones is 1. The van der Waals surface area contributed by atoms with Crippen LogP contribution in [0, 0.1) is 5.92 Å². The zero-order valence-corrected chi connectivity index (χ0v) is 8.73. The normalized spacial score (nSPS) is 10.7. The van der Waals surface area contributed by atoms with Crippen LogP contribution < -0.4 is 0 Å². The molecule has 0 unspecified atom stereocenters. The van der Waals surface area contributed by atoms with Crippen LogP contribution >= 0.6 is 0 Å². The van der Waals surface area contributed by atoms with E-state index in [1.54, 1.807) is 0 Å². The molecule has 0 aromatic carbocycles. The number of carbonyl (C=O) groups is 1. The van der Waals surface area contributed by atoms with Gasteiger partial charge in [-0.25, -0.2) is 0 Å². The summed E-state index contributed by atoms with van der Waals surface area (Å²) < 4.78 is 0. The first-order chi connectivity index (χ1) is 5.74. The Labute approximate surface area is 76.6 Å². The van der Waals surface area contributed by atoms with E-state index >= 15 is 0 Å². The summed E-state index contributed by atoms with van der Waals surface area (Å²) >= 11 is 0. The highest BCUT2D eigenvalue weighted by molar-refractivity contribution is 5.78. The van der Waals surface area contributed by atoms with Crippen molar-refractivity contribution in [2.75, 3.05) is 0 Å². The highest BCUT2D eigenvalue weighted by atomic mass is 16.1. The lowest BCUT2D eigenvalue weighted by Gasteiger charge is -2.10. The molecule has 0 aromatic rings. The Morgan fingerprint density at radius 1 is 1.08 bits per heavy atom. The summed E-state index contributed by atoms with van der Waals surface area (Å²) in [6, 6.07) is 0. The first-order valence-electron chi connectivity index (χ1n) is 5.26. The van der Waals surface area contributed by atoms with Gasteiger partial charge in [-0.05, 0) is 18.8 Å². The molecule has 0 aliphatic heterocycles. The molecule has 0 radical (unpaired) electrons. The van der Waals surface area contributed by atoms with Gasteiger partial charge in [-0.3, -0.25) is 4.79 Å². The predicted molar refractivity (Wildman–Crippen MR) is 53.2 cm³/mol. The van der Waals surface area contributed by atoms with Crippen LogP contribution in [0.1, 0.15) is 59.3 Å². The molecule has 0 fully saturated rings. The van der Waals surface area contributed by atoms with Gasteiger partial charge < -0.3 is 0 Å². The summed E-state index contributed by atoms with van der Waals surface area (Å²) in [5.41, 5.74) is 0. The minimum Gasteiger partial charge on any atom is -0.300 e. The number of hydrogen-bond donors (Lipinski definition) is 0. The average Bonchev–Trinajstić information content (AvgIpc) is 2.07. The molecule has 12 heavy (non-hydrogen) atoms. The smallest absolute Gasteiger partial charge is 0.132 e. The van der Waals surface area contributed by atoms with Crippen molar-refractivity contribution in [3.8, 4) is 0 Å². The van der Waals surface area contributed by atoms with Crippen molar-refractivity contribution >= 4 is 5.78 Å². The van der Waals surface area contributed by atoms with Crippen LogP contribution in [0.3, 0.4) is 0 Å². The minimum atomic E-state index is 0.449. The standard InChI is InChI=1S/C11H22O/c1-4-7-11(12)9-8-10(5-2)6-3/h10H,4-9H2,1-3H3. The van der Waals surface area contributed by atoms with Crippen LogP contribution in [0.4, 0.5) is 0 Å². The third kappa shape index (κ3) is 5.34. The van der Waals surface area contributed by atoms with Crippen LogP contribution in [0.15, 0.2) is 0 Å². The summed E-state index contributed by atoms with van der Waals surface area (Å²) in [7, 11) is 0. The third-order valence-corrected chi connectivity index (χ3v) is 2.51. The van der Waals surface area contributed by atoms with Gasteiger partial charge in [-0.15, -0.1) is 0 Å². The molecule has 0 aliphatic rings. The molecule has 1 nitrogen and oxygen atoms in total. The molecular weight excluding hydrogens is 148 g/mol. The molecule has 0 atom stereocenters. The molecule has 0 bridgehead atoms. The van der Waals surface area contributed by atoms with Gasteiger partial charge in [0.05, 0.1) is 0 Å². The lowest BCUT2D eigenvalue weighted by molar-refractivity contribution is -0.119. The Kier molecular flexibility index (Phi) is 7.12. The van der Waals surface area contributed by atoms with Crippen LogP contribution in [0.25, 0.3) is 0 Å². The highest BCUT2D eigenvalue weighted by Crippen LogP contribution is 2.15. The van der Waals surface area contributed by atoms with E-state index in [1.165, 1.54) is 12.8 Å². The Bertz CT molecular complexity index is 114. The van der Waals surface area contributed by atoms with Gasteiger partial charge in [0.2, 0.25) is 0 Å². The first kappa shape index (κ1) is 11.7. The van der Waals surface area contributed by atoms with Gasteiger partial charge in [0, 0.05) is 12.8 Å². The van der Waals surface area contributed by atoms with Crippen molar-refractivity contribution in [2.24, 2.45) is 5.92 Å². The number of Topliss-reactive ketones (excluding diaryl/α,β-unsaturated/α-hetero) is 1. The molecule has 0 amide bonds. The van der Waals surface area contributed by atoms with E-state index in [2.05, 4.69) is 20.8 Å². The van der Waals surface area contributed by atoms with Gasteiger partial charge >= 0.3 is 0 Å². The van der Waals surface area contributed by atoms with Crippen LogP contribution in [-0.4, -0.2) is 5.78 Å². The SMILES string of the molecule is CCCC(=O)CCC(CC)CC. The summed E-state index contributed by atoms with van der Waals surface area (Å²) in [6.45, 7) is 6.48. The van der Waals surface area contributed by atoms with E-state index < -0.39 is 0 Å². The van der Waals surface area contributed by atoms with E-state index in [0.29, 0.717) is 5.78 Å². The maximum atomic E-state index is 11.2. The molecular formula is C11H22O. The quantitative estimate of drug-likeness (QED) is 0.571. The summed E-state index contributed by atoms with van der Waals surface area (Å²) in [5.74, 6) is 1.22. The van der Waals surface area contributed by atoms with Crippen molar-refractivity contribution in [3.05, 3.63) is 0 Å². The first-order valence-corrected chi connectivity index (χ1v) is 5.26. The maximum Gasteiger partial charge on any atom is 0.132 e. The zero-order valence-electron chi connectivity index (χ0n) is 8.73. The molecule has 0 aromatic heterocycles. The second-order valence-corrected chi connectivity index (χ2v) is 3.51. The molecule has 0 spiro atoms. The minimum absolute atomic E-state index is 0.449. The second-order valence-electron chi connectivity index (χ2n) is 3.51. The Morgan fingerprint density at radius 3 is 2.08 bits per heavy atom. The fraction of sp³-hybridized carbons (Fsp3) is 0.909. The largest absolute Gasteiger partial charge is 0.300 e. The van der Waals surface area contributed by atoms with Crippen molar-refractivity contribution < 1.29 is 4.79 Å². The highest BCUT2D eigenvalue weighted by Gasteiger charge is 2.06. The van der Waals surface area contributed by atoms with E-state index in [-0.39, 0.29) is 0 Å². The molecule has 0 heterocycles. The number of carbonyl (C=O) groups excluding carboxylic acids is 1. The molecule has 72 valence electrons. The van der Waals surface area contributed by atoms with Crippen molar-refractivity contribution in [1.82, 2.24) is 0 Å². The topological polar surface area (TPSA) is 17.1 Å². The van der Waals surface area contributed by atoms with Crippen molar-refractivity contribution in [3.63, 3.8) is 0 Å². The number of hydrogen-bond acceptors (Lipinski definition) is 1. The van der Waals surface area contributed by atoms with E-state index in [9.17, 15) is 4.79 Å². The third-order valence-electron chi connectivity index (χ3n) is 2.51. The Morgan fingerprint density at radius 2 is 1.67 bits per heavy atom. The van der Waals surface area contributed by atoms with E-state index in [4.69, 9.17) is 0 Å². The van der Waals surface area contributed by atoms with Gasteiger partial charge in [0.15, 0.2) is 0 Å². The molecule has 0 N–H and O–H groups in total. The molecule has 0 aliphatic carbocycles. The maximum absolute atomic E-state index is 11.2. The number of rotatable bonds is 7. The fourth-order valence-corrected chi connectivity index (χ4v) is 1.47. The van der Waals surface area contributed by atoms with Crippen molar-refractivity contribution in [1.29, 1.82) is 0 Å². The van der Waals surface area contributed by atoms with E-state index in [1.807, 2.05) is 0 Å². The average molecular weight is 170 g/mol. The van der Waals surface area contributed by atoms with Gasteiger partial charge in [0.1, 0.15) is 5.78 Å². The molecule has 0 saturated heterocycles. The van der Waals surface area contributed by atoms with Crippen LogP contribution in [0.5, 0.6) is 0 Å². The lowest BCUT2D eigenvalue weighted by atomic mass is 9.95. The molecule has 0 rings (SSSR count). The van der Waals surface area contributed by atoms with Gasteiger partial charge in [0.25, 0.3) is 0 Å². The van der Waals surface area contributed by atoms with Crippen LogP contribution in [0.2, 0.25) is 0 Å². The summed E-state index contributed by atoms with van der Waals surface area (Å²) in [4.78, 5) is 11.2.